The van der Waals surface area contributed by atoms with Gasteiger partial charge < -0.3 is 10.1 Å². The molecule has 0 heterocycles. The van der Waals surface area contributed by atoms with Crippen molar-refractivity contribution >= 4 is 6.09 Å². The van der Waals surface area contributed by atoms with Gasteiger partial charge in [-0.25, -0.2) is 4.79 Å². The molecule has 102 valence electrons. The number of carbonyl (C=O) groups excluding carboxylic acids is 1. The summed E-state index contributed by atoms with van der Waals surface area (Å²) < 4.78 is 5.18. The highest BCUT2D eigenvalue weighted by Gasteiger charge is 2.15. The summed E-state index contributed by atoms with van der Waals surface area (Å²) in [6.45, 7) is 8.44. The number of ether oxygens (including phenoxy) is 1. The van der Waals surface area contributed by atoms with Gasteiger partial charge in [0, 0.05) is 6.54 Å². The molecule has 0 saturated carbocycles. The summed E-state index contributed by atoms with van der Waals surface area (Å²) in [5.74, 6) is 0. The zero-order chi connectivity index (χ0) is 13.6. The second-order valence-electron chi connectivity index (χ2n) is 5.68. The van der Waals surface area contributed by atoms with Gasteiger partial charge >= 0.3 is 6.09 Å². The van der Waals surface area contributed by atoms with Crippen LogP contribution in [0.5, 0.6) is 0 Å². The van der Waals surface area contributed by atoms with E-state index in [1.54, 1.807) is 0 Å². The maximum absolute atomic E-state index is 11.4. The first kappa shape index (κ1) is 14.8. The van der Waals surface area contributed by atoms with Gasteiger partial charge in [0.1, 0.15) is 5.60 Å². The summed E-state index contributed by atoms with van der Waals surface area (Å²) in [5, 5.41) is 2.79. The minimum Gasteiger partial charge on any atom is -0.444 e. The minimum absolute atomic E-state index is 0.330. The molecule has 0 bridgehead atoms. The SMILES string of the molecule is CCC1=CC=C(CCNC(=O)OC(C)(C)C)CC1. The van der Waals surface area contributed by atoms with Gasteiger partial charge in [0.2, 0.25) is 0 Å². The molecule has 0 aliphatic heterocycles. The van der Waals surface area contributed by atoms with E-state index < -0.39 is 5.60 Å². The van der Waals surface area contributed by atoms with Crippen molar-refractivity contribution in [3.05, 3.63) is 23.3 Å². The predicted molar refractivity (Wildman–Crippen MR) is 74.5 cm³/mol. The zero-order valence-electron chi connectivity index (χ0n) is 12.0. The van der Waals surface area contributed by atoms with Crippen molar-refractivity contribution in [2.24, 2.45) is 0 Å². The van der Waals surface area contributed by atoms with Crippen LogP contribution >= 0.6 is 0 Å². The highest BCUT2D eigenvalue weighted by molar-refractivity contribution is 5.67. The highest BCUT2D eigenvalue weighted by Crippen LogP contribution is 2.22. The first-order chi connectivity index (χ1) is 8.40. The van der Waals surface area contributed by atoms with Gasteiger partial charge in [0.05, 0.1) is 0 Å². The molecule has 3 heteroatoms. The number of allylic oxidation sites excluding steroid dienone is 3. The second kappa shape index (κ2) is 6.62. The summed E-state index contributed by atoms with van der Waals surface area (Å²) in [4.78, 5) is 11.4. The van der Waals surface area contributed by atoms with E-state index in [1.807, 2.05) is 20.8 Å². The molecule has 1 aliphatic carbocycles. The Balaban J connectivity index is 2.25. The fourth-order valence-electron chi connectivity index (χ4n) is 1.87. The van der Waals surface area contributed by atoms with Gasteiger partial charge in [-0.3, -0.25) is 0 Å². The molecule has 0 atom stereocenters. The molecule has 0 spiro atoms. The molecule has 0 radical (unpaired) electrons. The zero-order valence-corrected chi connectivity index (χ0v) is 12.0. The van der Waals surface area contributed by atoms with Crippen LogP contribution in [0.15, 0.2) is 23.3 Å². The molecule has 18 heavy (non-hydrogen) atoms. The largest absolute Gasteiger partial charge is 0.444 e. The number of rotatable bonds is 4. The van der Waals surface area contributed by atoms with Crippen LogP contribution in [-0.2, 0) is 4.74 Å². The summed E-state index contributed by atoms with van der Waals surface area (Å²) in [5.41, 5.74) is 2.49. The maximum Gasteiger partial charge on any atom is 0.407 e. The maximum atomic E-state index is 11.4. The van der Waals surface area contributed by atoms with Crippen LogP contribution in [-0.4, -0.2) is 18.2 Å². The Morgan fingerprint density at radius 2 is 1.89 bits per heavy atom. The Labute approximate surface area is 110 Å². The van der Waals surface area contributed by atoms with Crippen LogP contribution < -0.4 is 5.32 Å². The van der Waals surface area contributed by atoms with Gasteiger partial charge in [0.25, 0.3) is 0 Å². The lowest BCUT2D eigenvalue weighted by Gasteiger charge is -2.20. The minimum atomic E-state index is -0.424. The van der Waals surface area contributed by atoms with E-state index in [9.17, 15) is 4.79 Å². The Bertz CT molecular complexity index is 348. The van der Waals surface area contributed by atoms with Crippen molar-refractivity contribution in [2.75, 3.05) is 6.54 Å². The number of alkyl carbamates (subject to hydrolysis) is 1. The van der Waals surface area contributed by atoms with E-state index in [0.29, 0.717) is 6.54 Å². The second-order valence-corrected chi connectivity index (χ2v) is 5.68. The normalized spacial score (nSPS) is 15.8. The fraction of sp³-hybridized carbons (Fsp3) is 0.667. The number of carbonyl (C=O) groups is 1. The molecular formula is C15H25NO2. The van der Waals surface area contributed by atoms with Crippen LogP contribution in [0.2, 0.25) is 0 Å². The average molecular weight is 251 g/mol. The lowest BCUT2D eigenvalue weighted by molar-refractivity contribution is 0.0528. The van der Waals surface area contributed by atoms with Crippen molar-refractivity contribution in [2.45, 2.75) is 59.0 Å². The molecule has 0 unspecified atom stereocenters. The topological polar surface area (TPSA) is 38.3 Å². The van der Waals surface area contributed by atoms with Crippen molar-refractivity contribution in [1.82, 2.24) is 5.32 Å². The molecule has 0 aromatic rings. The van der Waals surface area contributed by atoms with Gasteiger partial charge in [-0.05, 0) is 46.5 Å². The lowest BCUT2D eigenvalue weighted by atomic mass is 9.95. The van der Waals surface area contributed by atoms with E-state index in [-0.39, 0.29) is 6.09 Å². The van der Waals surface area contributed by atoms with Crippen molar-refractivity contribution in [1.29, 1.82) is 0 Å². The fourth-order valence-corrected chi connectivity index (χ4v) is 1.87. The van der Waals surface area contributed by atoms with Crippen molar-refractivity contribution in [3.8, 4) is 0 Å². The van der Waals surface area contributed by atoms with Crippen LogP contribution in [0.4, 0.5) is 4.79 Å². The van der Waals surface area contributed by atoms with Crippen LogP contribution in [0, 0.1) is 0 Å². The molecule has 0 fully saturated rings. The summed E-state index contributed by atoms with van der Waals surface area (Å²) >= 11 is 0. The molecule has 1 amide bonds. The number of nitrogens with one attached hydrogen (secondary N) is 1. The molecule has 0 aromatic carbocycles. The van der Waals surface area contributed by atoms with E-state index in [2.05, 4.69) is 24.4 Å². The molecule has 1 N–H and O–H groups in total. The molecule has 1 aliphatic rings. The van der Waals surface area contributed by atoms with E-state index in [4.69, 9.17) is 4.74 Å². The molecule has 0 saturated heterocycles. The Morgan fingerprint density at radius 1 is 1.28 bits per heavy atom. The Kier molecular flexibility index (Phi) is 5.45. The standard InChI is InChI=1S/C15H25NO2/c1-5-12-6-8-13(9-7-12)10-11-16-14(17)18-15(2,3)4/h6,8H,5,7,9-11H2,1-4H3,(H,16,17). The monoisotopic (exact) mass is 251 g/mol. The summed E-state index contributed by atoms with van der Waals surface area (Å²) in [6.07, 6.45) is 8.41. The smallest absolute Gasteiger partial charge is 0.407 e. The van der Waals surface area contributed by atoms with Gasteiger partial charge in [-0.2, -0.15) is 0 Å². The quantitative estimate of drug-likeness (QED) is 0.821. The third-order valence-corrected chi connectivity index (χ3v) is 2.89. The van der Waals surface area contributed by atoms with E-state index in [1.165, 1.54) is 11.1 Å². The average Bonchev–Trinajstić information content (AvgIpc) is 2.27. The third kappa shape index (κ3) is 5.89. The lowest BCUT2D eigenvalue weighted by Crippen LogP contribution is -2.33. The summed E-state index contributed by atoms with van der Waals surface area (Å²) in [6, 6.07) is 0. The van der Waals surface area contributed by atoms with Crippen LogP contribution in [0.25, 0.3) is 0 Å². The molecule has 0 aromatic heterocycles. The first-order valence-corrected chi connectivity index (χ1v) is 6.75. The predicted octanol–water partition coefficient (Wildman–Crippen LogP) is 3.96. The van der Waals surface area contributed by atoms with E-state index >= 15 is 0 Å². The van der Waals surface area contributed by atoms with Crippen LogP contribution in [0.3, 0.4) is 0 Å². The molecule has 1 rings (SSSR count). The number of amides is 1. The number of hydrogen-bond donors (Lipinski definition) is 1. The molecular weight excluding hydrogens is 226 g/mol. The van der Waals surface area contributed by atoms with Crippen LogP contribution in [0.1, 0.15) is 53.4 Å². The Morgan fingerprint density at radius 3 is 2.39 bits per heavy atom. The van der Waals surface area contributed by atoms with E-state index in [0.717, 1.165) is 25.7 Å². The first-order valence-electron chi connectivity index (χ1n) is 6.75. The summed E-state index contributed by atoms with van der Waals surface area (Å²) in [7, 11) is 0. The Hall–Kier alpha value is -1.25. The van der Waals surface area contributed by atoms with Gasteiger partial charge in [0.15, 0.2) is 0 Å². The van der Waals surface area contributed by atoms with Gasteiger partial charge in [-0.15, -0.1) is 0 Å². The molecule has 3 nitrogen and oxygen atoms in total. The van der Waals surface area contributed by atoms with Gasteiger partial charge in [-0.1, -0.05) is 30.2 Å². The number of hydrogen-bond acceptors (Lipinski definition) is 2. The third-order valence-electron chi connectivity index (χ3n) is 2.89. The van der Waals surface area contributed by atoms with Crippen molar-refractivity contribution < 1.29 is 9.53 Å². The highest BCUT2D eigenvalue weighted by atomic mass is 16.6. The van der Waals surface area contributed by atoms with Crippen molar-refractivity contribution in [3.63, 3.8) is 0 Å².